The molecule has 0 saturated carbocycles. The highest BCUT2D eigenvalue weighted by Crippen LogP contribution is 2.48. The Bertz CT molecular complexity index is 1030. The van der Waals surface area contributed by atoms with Gasteiger partial charge in [0, 0.05) is 13.1 Å². The number of imide groups is 1. The minimum Gasteiger partial charge on any atom is -0.494 e. The zero-order valence-corrected chi connectivity index (χ0v) is 16.7. The average Bonchev–Trinajstić information content (AvgIpc) is 3.41. The predicted octanol–water partition coefficient (Wildman–Crippen LogP) is 2.49. The van der Waals surface area contributed by atoms with Crippen LogP contribution in [0.1, 0.15) is 30.5 Å². The van der Waals surface area contributed by atoms with E-state index in [1.807, 2.05) is 19.1 Å². The molecule has 2 aromatic carbocycles. The van der Waals surface area contributed by atoms with Crippen molar-refractivity contribution in [3.05, 3.63) is 59.7 Å². The van der Waals surface area contributed by atoms with E-state index in [2.05, 4.69) is 16.1 Å². The van der Waals surface area contributed by atoms with Gasteiger partial charge < -0.3 is 4.74 Å². The van der Waals surface area contributed by atoms with Crippen molar-refractivity contribution in [2.24, 2.45) is 5.92 Å². The van der Waals surface area contributed by atoms with Crippen molar-refractivity contribution in [1.82, 2.24) is 10.0 Å². The van der Waals surface area contributed by atoms with Gasteiger partial charge in [-0.25, -0.2) is 14.9 Å². The zero-order valence-electron chi connectivity index (χ0n) is 16.7. The van der Waals surface area contributed by atoms with Crippen molar-refractivity contribution in [3.63, 3.8) is 0 Å². The summed E-state index contributed by atoms with van der Waals surface area (Å²) >= 11 is 0. The van der Waals surface area contributed by atoms with Crippen LogP contribution < -0.4 is 9.64 Å². The summed E-state index contributed by atoms with van der Waals surface area (Å²) < 4.78 is 5.48. The number of carbonyl (C=O) groups excluding carboxylic acids is 2. The van der Waals surface area contributed by atoms with E-state index in [1.165, 1.54) is 4.90 Å². The summed E-state index contributed by atoms with van der Waals surface area (Å²) in [4.78, 5) is 28.2. The lowest BCUT2D eigenvalue weighted by molar-refractivity contribution is -0.126. The number of nitrogens with zero attached hydrogens (tertiary/aromatic N) is 4. The summed E-state index contributed by atoms with van der Waals surface area (Å²) in [5.74, 6) is -0.0888. The fourth-order valence-electron chi connectivity index (χ4n) is 4.98. The number of benzene rings is 2. The third-order valence-corrected chi connectivity index (χ3v) is 6.19. The molecule has 0 unspecified atom stereocenters. The molecule has 3 atom stereocenters. The fourth-order valence-corrected chi connectivity index (χ4v) is 4.98. The smallest absolute Gasteiger partial charge is 0.253 e. The average molecular weight is 402 g/mol. The van der Waals surface area contributed by atoms with Crippen molar-refractivity contribution in [2.75, 3.05) is 24.6 Å². The van der Waals surface area contributed by atoms with E-state index in [4.69, 9.17) is 10.00 Å². The number of hydrogen-bond donors (Lipinski definition) is 0. The molecule has 3 fully saturated rings. The second kappa shape index (κ2) is 7.24. The lowest BCUT2D eigenvalue weighted by Gasteiger charge is -2.29. The first-order chi connectivity index (χ1) is 14.6. The van der Waals surface area contributed by atoms with Gasteiger partial charge in [-0.3, -0.25) is 9.59 Å². The number of fused-ring (bicyclic) bond motifs is 3. The second-order valence-corrected chi connectivity index (χ2v) is 7.77. The Morgan fingerprint density at radius 1 is 0.967 bits per heavy atom. The molecule has 0 aliphatic carbocycles. The number of rotatable bonds is 4. The molecule has 0 N–H and O–H groups in total. The summed E-state index contributed by atoms with van der Waals surface area (Å²) in [6, 6.07) is 15.9. The zero-order chi connectivity index (χ0) is 20.8. The number of carbonyl (C=O) groups is 2. The first kappa shape index (κ1) is 18.8. The van der Waals surface area contributed by atoms with Crippen LogP contribution in [-0.2, 0) is 9.59 Å². The molecule has 3 heterocycles. The van der Waals surface area contributed by atoms with Gasteiger partial charge in [-0.2, -0.15) is 5.26 Å². The molecule has 30 heavy (non-hydrogen) atoms. The maximum Gasteiger partial charge on any atom is 0.253 e. The summed E-state index contributed by atoms with van der Waals surface area (Å²) in [5.41, 5.74) is 2.12. The summed E-state index contributed by atoms with van der Waals surface area (Å²) in [7, 11) is 0. The highest BCUT2D eigenvalue weighted by atomic mass is 16.5. The van der Waals surface area contributed by atoms with E-state index in [0.717, 1.165) is 25.1 Å². The van der Waals surface area contributed by atoms with Crippen LogP contribution in [0.4, 0.5) is 5.69 Å². The molecular formula is C23H22N4O3. The van der Waals surface area contributed by atoms with Crippen LogP contribution >= 0.6 is 0 Å². The van der Waals surface area contributed by atoms with Gasteiger partial charge in [0.1, 0.15) is 11.8 Å². The number of hydrazine groups is 1. The Labute approximate surface area is 175 Å². The van der Waals surface area contributed by atoms with Crippen molar-refractivity contribution in [1.29, 1.82) is 5.26 Å². The SMILES string of the molecule is CCOc1ccc(N2C(=O)[C@H]3[C@@H](C2=O)N2CCCN2[C@H]3c2ccc(C#N)cc2)cc1. The summed E-state index contributed by atoms with van der Waals surface area (Å²) in [5, 5.41) is 13.3. The first-order valence-corrected chi connectivity index (χ1v) is 10.3. The Hall–Kier alpha value is -3.21. The van der Waals surface area contributed by atoms with Gasteiger partial charge >= 0.3 is 0 Å². The first-order valence-electron chi connectivity index (χ1n) is 10.3. The molecule has 0 bridgehead atoms. The van der Waals surface area contributed by atoms with Crippen molar-refractivity contribution in [2.45, 2.75) is 25.4 Å². The Balaban J connectivity index is 1.51. The Kier molecular flexibility index (Phi) is 4.54. The topological polar surface area (TPSA) is 76.9 Å². The summed E-state index contributed by atoms with van der Waals surface area (Å²) in [6.07, 6.45) is 0.959. The highest BCUT2D eigenvalue weighted by molar-refractivity contribution is 6.24. The normalized spacial score (nSPS) is 26.0. The molecule has 3 saturated heterocycles. The molecule has 7 nitrogen and oxygen atoms in total. The molecule has 0 radical (unpaired) electrons. The van der Waals surface area contributed by atoms with Crippen LogP contribution in [0.25, 0.3) is 0 Å². The molecule has 3 aliphatic heterocycles. The van der Waals surface area contributed by atoms with Gasteiger partial charge in [0.05, 0.1) is 35.9 Å². The third-order valence-electron chi connectivity index (χ3n) is 6.19. The molecule has 3 aliphatic rings. The van der Waals surface area contributed by atoms with Crippen molar-refractivity contribution in [3.8, 4) is 11.8 Å². The van der Waals surface area contributed by atoms with Gasteiger partial charge in [-0.15, -0.1) is 0 Å². The number of anilines is 1. The molecule has 0 aromatic heterocycles. The lowest BCUT2D eigenvalue weighted by atomic mass is 9.89. The quantitative estimate of drug-likeness (QED) is 0.732. The van der Waals surface area contributed by atoms with Crippen LogP contribution in [0, 0.1) is 17.2 Å². The second-order valence-electron chi connectivity index (χ2n) is 7.77. The van der Waals surface area contributed by atoms with E-state index >= 15 is 0 Å². The van der Waals surface area contributed by atoms with Crippen LogP contribution in [0.3, 0.4) is 0 Å². The van der Waals surface area contributed by atoms with E-state index in [-0.39, 0.29) is 17.9 Å². The third kappa shape index (κ3) is 2.72. The summed E-state index contributed by atoms with van der Waals surface area (Å²) in [6.45, 7) is 4.06. The number of amides is 2. The van der Waals surface area contributed by atoms with Gasteiger partial charge in [-0.05, 0) is 55.3 Å². The van der Waals surface area contributed by atoms with Gasteiger partial charge in [-0.1, -0.05) is 12.1 Å². The molecule has 0 spiro atoms. The van der Waals surface area contributed by atoms with Crippen LogP contribution in [0.5, 0.6) is 5.75 Å². The van der Waals surface area contributed by atoms with E-state index in [9.17, 15) is 9.59 Å². The van der Waals surface area contributed by atoms with Crippen molar-refractivity contribution < 1.29 is 14.3 Å². The maximum absolute atomic E-state index is 13.5. The molecule has 2 amide bonds. The molecule has 5 rings (SSSR count). The van der Waals surface area contributed by atoms with Crippen LogP contribution in [-0.4, -0.2) is 47.6 Å². The van der Waals surface area contributed by atoms with Crippen LogP contribution in [0.15, 0.2) is 48.5 Å². The van der Waals surface area contributed by atoms with Gasteiger partial charge in [0.25, 0.3) is 5.91 Å². The van der Waals surface area contributed by atoms with E-state index < -0.39 is 12.0 Å². The highest BCUT2D eigenvalue weighted by Gasteiger charge is 2.62. The molecule has 7 heteroatoms. The standard InChI is InChI=1S/C23H22N4O3/c1-2-30-18-10-8-17(9-11-18)27-22(28)19-20(16-6-4-15(14-24)5-7-16)25-12-3-13-26(25)21(19)23(27)29/h4-11,19-21H,2-3,12-13H2,1H3/t19-,20+,21+/m1/s1. The minimum atomic E-state index is -0.479. The van der Waals surface area contributed by atoms with Crippen molar-refractivity contribution >= 4 is 17.5 Å². The predicted molar refractivity (Wildman–Crippen MR) is 109 cm³/mol. The lowest BCUT2D eigenvalue weighted by Crippen LogP contribution is -2.44. The van der Waals surface area contributed by atoms with Gasteiger partial charge in [0.15, 0.2) is 0 Å². The van der Waals surface area contributed by atoms with Crippen LogP contribution in [0.2, 0.25) is 0 Å². The monoisotopic (exact) mass is 402 g/mol. The molecule has 152 valence electrons. The Morgan fingerprint density at radius 3 is 2.27 bits per heavy atom. The largest absolute Gasteiger partial charge is 0.494 e. The number of ether oxygens (including phenoxy) is 1. The molecular weight excluding hydrogens is 380 g/mol. The van der Waals surface area contributed by atoms with E-state index in [1.54, 1.807) is 36.4 Å². The Morgan fingerprint density at radius 2 is 1.63 bits per heavy atom. The number of hydrogen-bond acceptors (Lipinski definition) is 6. The maximum atomic E-state index is 13.5. The fraction of sp³-hybridized carbons (Fsp3) is 0.348. The number of nitriles is 1. The van der Waals surface area contributed by atoms with Gasteiger partial charge in [0.2, 0.25) is 5.91 Å². The molecule has 2 aromatic rings. The van der Waals surface area contributed by atoms with E-state index in [0.29, 0.717) is 23.6 Å². The minimum absolute atomic E-state index is 0.169.